The summed E-state index contributed by atoms with van der Waals surface area (Å²) in [5.74, 6) is 4.17. The SMILES string of the molecule is Cc1oc(-c2cccc(Oc3ccccc3)c2)nc1CN1CCCCC1c1nccn1C. The lowest BCUT2D eigenvalue weighted by Crippen LogP contribution is -2.34. The lowest BCUT2D eigenvalue weighted by molar-refractivity contribution is 0.129. The molecule has 1 aliphatic rings. The maximum atomic E-state index is 6.08. The highest BCUT2D eigenvalue weighted by Gasteiger charge is 2.28. The zero-order valence-corrected chi connectivity index (χ0v) is 18.6. The molecule has 2 aromatic heterocycles. The molecule has 1 unspecified atom stereocenters. The topological polar surface area (TPSA) is 56.3 Å². The number of imidazole rings is 1. The van der Waals surface area contributed by atoms with Gasteiger partial charge in [-0.15, -0.1) is 0 Å². The van der Waals surface area contributed by atoms with E-state index in [9.17, 15) is 0 Å². The first kappa shape index (κ1) is 20.5. The van der Waals surface area contributed by atoms with Crippen LogP contribution in [0.1, 0.15) is 42.6 Å². The number of rotatable bonds is 6. The molecule has 32 heavy (non-hydrogen) atoms. The van der Waals surface area contributed by atoms with E-state index in [0.717, 1.165) is 53.9 Å². The molecule has 0 radical (unpaired) electrons. The van der Waals surface area contributed by atoms with Gasteiger partial charge in [0.05, 0.1) is 11.7 Å². The standard InChI is InChI=1S/C26H28N4O2/c1-19-23(18-30-15-7-6-13-24(30)25-27-14-16-29(25)2)28-26(31-19)20-9-8-12-22(17-20)32-21-10-4-3-5-11-21/h3-5,8-12,14,16-17,24H,6-7,13,15,18H2,1-2H3. The molecule has 0 saturated carbocycles. The monoisotopic (exact) mass is 428 g/mol. The van der Waals surface area contributed by atoms with E-state index in [-0.39, 0.29) is 0 Å². The number of oxazole rings is 1. The number of ether oxygens (including phenoxy) is 1. The number of para-hydroxylation sites is 1. The van der Waals surface area contributed by atoms with Gasteiger partial charge in [0.1, 0.15) is 23.1 Å². The van der Waals surface area contributed by atoms with Gasteiger partial charge in [-0.1, -0.05) is 30.7 Å². The average molecular weight is 429 g/mol. The third kappa shape index (κ3) is 4.32. The van der Waals surface area contributed by atoms with Gasteiger partial charge >= 0.3 is 0 Å². The van der Waals surface area contributed by atoms with E-state index in [4.69, 9.17) is 14.1 Å². The molecular weight excluding hydrogens is 400 g/mol. The molecule has 6 nitrogen and oxygen atoms in total. The van der Waals surface area contributed by atoms with E-state index in [0.29, 0.717) is 11.9 Å². The second kappa shape index (κ2) is 9.01. The van der Waals surface area contributed by atoms with Crippen molar-refractivity contribution in [2.75, 3.05) is 6.54 Å². The van der Waals surface area contributed by atoms with Crippen LogP contribution in [0.25, 0.3) is 11.5 Å². The summed E-state index contributed by atoms with van der Waals surface area (Å²) in [5, 5.41) is 0. The summed E-state index contributed by atoms with van der Waals surface area (Å²) in [6.45, 7) is 3.79. The fourth-order valence-electron chi connectivity index (χ4n) is 4.38. The van der Waals surface area contributed by atoms with Crippen molar-refractivity contribution in [1.82, 2.24) is 19.4 Å². The van der Waals surface area contributed by atoms with Crippen LogP contribution in [0, 0.1) is 6.92 Å². The molecule has 2 aromatic carbocycles. The quantitative estimate of drug-likeness (QED) is 0.382. The van der Waals surface area contributed by atoms with Gasteiger partial charge in [0.25, 0.3) is 0 Å². The Hall–Kier alpha value is -3.38. The summed E-state index contributed by atoms with van der Waals surface area (Å²) in [6, 6.07) is 18.0. The van der Waals surface area contributed by atoms with Crippen LogP contribution in [0.4, 0.5) is 0 Å². The van der Waals surface area contributed by atoms with Gasteiger partial charge in [-0.25, -0.2) is 9.97 Å². The van der Waals surface area contributed by atoms with Crippen molar-refractivity contribution in [1.29, 1.82) is 0 Å². The van der Waals surface area contributed by atoms with Crippen molar-refractivity contribution in [3.63, 3.8) is 0 Å². The molecule has 6 heteroatoms. The molecule has 164 valence electrons. The predicted octanol–water partition coefficient (Wildman–Crippen LogP) is 5.90. The molecule has 0 spiro atoms. The summed E-state index contributed by atoms with van der Waals surface area (Å²) in [5.41, 5.74) is 1.89. The number of hydrogen-bond donors (Lipinski definition) is 0. The van der Waals surface area contributed by atoms with Crippen molar-refractivity contribution < 1.29 is 9.15 Å². The molecule has 4 aromatic rings. The first-order valence-corrected chi connectivity index (χ1v) is 11.2. The second-order valence-corrected chi connectivity index (χ2v) is 8.34. The van der Waals surface area contributed by atoms with Crippen LogP contribution >= 0.6 is 0 Å². The fraction of sp³-hybridized carbons (Fsp3) is 0.308. The van der Waals surface area contributed by atoms with Gasteiger partial charge in [0.2, 0.25) is 5.89 Å². The van der Waals surface area contributed by atoms with Gasteiger partial charge in [0.15, 0.2) is 0 Å². The zero-order chi connectivity index (χ0) is 21.9. The zero-order valence-electron chi connectivity index (χ0n) is 18.6. The van der Waals surface area contributed by atoms with Crippen molar-refractivity contribution >= 4 is 0 Å². The largest absolute Gasteiger partial charge is 0.457 e. The molecule has 1 saturated heterocycles. The normalized spacial score (nSPS) is 16.9. The molecule has 3 heterocycles. The number of aromatic nitrogens is 3. The molecule has 5 rings (SSSR count). The highest BCUT2D eigenvalue weighted by atomic mass is 16.5. The average Bonchev–Trinajstić information content (AvgIpc) is 3.40. The molecule has 0 N–H and O–H groups in total. The van der Waals surface area contributed by atoms with E-state index < -0.39 is 0 Å². The molecule has 0 amide bonds. The summed E-state index contributed by atoms with van der Waals surface area (Å²) in [6.07, 6.45) is 7.44. The van der Waals surface area contributed by atoms with E-state index in [1.807, 2.05) is 73.9 Å². The first-order valence-electron chi connectivity index (χ1n) is 11.2. The third-order valence-electron chi connectivity index (χ3n) is 6.08. The van der Waals surface area contributed by atoms with Crippen molar-refractivity contribution in [2.45, 2.75) is 38.8 Å². The van der Waals surface area contributed by atoms with E-state index in [2.05, 4.69) is 21.5 Å². The lowest BCUT2D eigenvalue weighted by atomic mass is 10.0. The van der Waals surface area contributed by atoms with Crippen LogP contribution in [0.2, 0.25) is 0 Å². The van der Waals surface area contributed by atoms with E-state index in [1.165, 1.54) is 12.8 Å². The molecule has 1 atom stereocenters. The number of piperidine rings is 1. The number of likely N-dealkylation sites (tertiary alicyclic amines) is 1. The molecular formula is C26H28N4O2. The number of nitrogens with zero attached hydrogens (tertiary/aromatic N) is 4. The van der Waals surface area contributed by atoms with E-state index in [1.54, 1.807) is 0 Å². The Morgan fingerprint density at radius 3 is 2.72 bits per heavy atom. The van der Waals surface area contributed by atoms with Crippen LogP contribution in [-0.4, -0.2) is 26.0 Å². The Labute approximate surface area is 188 Å². The minimum absolute atomic E-state index is 0.311. The summed E-state index contributed by atoms with van der Waals surface area (Å²) in [7, 11) is 2.07. The number of hydrogen-bond acceptors (Lipinski definition) is 5. The third-order valence-corrected chi connectivity index (χ3v) is 6.08. The van der Waals surface area contributed by atoms with Gasteiger partial charge in [-0.3, -0.25) is 4.90 Å². The molecule has 1 fully saturated rings. The van der Waals surface area contributed by atoms with Crippen LogP contribution in [-0.2, 0) is 13.6 Å². The molecule has 0 bridgehead atoms. The summed E-state index contributed by atoms with van der Waals surface area (Å²) in [4.78, 5) is 12.0. The minimum atomic E-state index is 0.311. The second-order valence-electron chi connectivity index (χ2n) is 8.34. The van der Waals surface area contributed by atoms with Crippen molar-refractivity contribution in [3.8, 4) is 23.0 Å². The number of benzene rings is 2. The van der Waals surface area contributed by atoms with Crippen molar-refractivity contribution in [2.24, 2.45) is 7.05 Å². The van der Waals surface area contributed by atoms with Crippen molar-refractivity contribution in [3.05, 3.63) is 84.3 Å². The minimum Gasteiger partial charge on any atom is -0.457 e. The first-order chi connectivity index (χ1) is 15.7. The van der Waals surface area contributed by atoms with Gasteiger partial charge in [-0.05, 0) is 56.6 Å². The van der Waals surface area contributed by atoms with Crippen LogP contribution in [0.3, 0.4) is 0 Å². The smallest absolute Gasteiger partial charge is 0.226 e. The molecule has 0 aliphatic carbocycles. The number of aryl methyl sites for hydroxylation is 2. The lowest BCUT2D eigenvalue weighted by Gasteiger charge is -2.34. The Kier molecular flexibility index (Phi) is 5.77. The van der Waals surface area contributed by atoms with E-state index >= 15 is 0 Å². The van der Waals surface area contributed by atoms with Crippen LogP contribution in [0.5, 0.6) is 11.5 Å². The maximum absolute atomic E-state index is 6.08. The molecule has 1 aliphatic heterocycles. The highest BCUT2D eigenvalue weighted by Crippen LogP contribution is 2.33. The summed E-state index contributed by atoms with van der Waals surface area (Å²) >= 11 is 0. The summed E-state index contributed by atoms with van der Waals surface area (Å²) < 4.78 is 14.2. The highest BCUT2D eigenvalue weighted by molar-refractivity contribution is 5.57. The Morgan fingerprint density at radius 1 is 1.06 bits per heavy atom. The Balaban J connectivity index is 1.36. The van der Waals surface area contributed by atoms with Gasteiger partial charge < -0.3 is 13.7 Å². The van der Waals surface area contributed by atoms with Gasteiger partial charge in [-0.2, -0.15) is 0 Å². The van der Waals surface area contributed by atoms with Crippen LogP contribution in [0.15, 0.2) is 71.4 Å². The van der Waals surface area contributed by atoms with Gasteiger partial charge in [0, 0.05) is 31.5 Å². The fourth-order valence-corrected chi connectivity index (χ4v) is 4.38. The Morgan fingerprint density at radius 2 is 1.91 bits per heavy atom. The Bertz CT molecular complexity index is 1180. The predicted molar refractivity (Wildman–Crippen MR) is 123 cm³/mol. The van der Waals surface area contributed by atoms with Crippen LogP contribution < -0.4 is 4.74 Å². The maximum Gasteiger partial charge on any atom is 0.226 e.